The van der Waals surface area contributed by atoms with Crippen LogP contribution in [0.4, 0.5) is 0 Å². The Morgan fingerprint density at radius 1 is 1.41 bits per heavy atom. The molecule has 0 spiro atoms. The fourth-order valence-corrected chi connectivity index (χ4v) is 2.92. The SMILES string of the molecule is COc1cccc2c1OCC(C(=O)N1CCCC1C(=O)O)=C2. The lowest BCUT2D eigenvalue weighted by atomic mass is 10.1. The molecule has 1 fully saturated rings. The van der Waals surface area contributed by atoms with Gasteiger partial charge in [0.05, 0.1) is 12.7 Å². The number of nitrogens with zero attached hydrogens (tertiary/aromatic N) is 1. The Labute approximate surface area is 127 Å². The number of carboxylic acids is 1. The van der Waals surface area contributed by atoms with Crippen LogP contribution in [0.5, 0.6) is 11.5 Å². The zero-order valence-electron chi connectivity index (χ0n) is 12.2. The van der Waals surface area contributed by atoms with Crippen LogP contribution in [0, 0.1) is 0 Å². The van der Waals surface area contributed by atoms with Crippen LogP contribution < -0.4 is 9.47 Å². The minimum absolute atomic E-state index is 0.120. The first-order chi connectivity index (χ1) is 10.6. The number of carbonyl (C=O) groups is 2. The first kappa shape index (κ1) is 14.4. The molecule has 1 N–H and O–H groups in total. The van der Waals surface area contributed by atoms with Crippen molar-refractivity contribution < 1.29 is 24.2 Å². The zero-order chi connectivity index (χ0) is 15.7. The molecule has 0 saturated carbocycles. The van der Waals surface area contributed by atoms with Crippen LogP contribution in [-0.4, -0.2) is 48.2 Å². The monoisotopic (exact) mass is 303 g/mol. The average molecular weight is 303 g/mol. The third kappa shape index (κ3) is 2.41. The zero-order valence-corrected chi connectivity index (χ0v) is 12.2. The number of fused-ring (bicyclic) bond motifs is 1. The molecule has 1 aromatic rings. The van der Waals surface area contributed by atoms with E-state index >= 15 is 0 Å². The summed E-state index contributed by atoms with van der Waals surface area (Å²) in [5, 5.41) is 9.20. The summed E-state index contributed by atoms with van der Waals surface area (Å²) < 4.78 is 10.9. The molecule has 2 aliphatic heterocycles. The molecule has 6 heteroatoms. The van der Waals surface area contributed by atoms with Crippen molar-refractivity contribution in [2.75, 3.05) is 20.3 Å². The topological polar surface area (TPSA) is 76.1 Å². The van der Waals surface area contributed by atoms with Gasteiger partial charge in [-0.25, -0.2) is 4.79 Å². The van der Waals surface area contributed by atoms with E-state index in [1.54, 1.807) is 19.3 Å². The number of methoxy groups -OCH3 is 1. The Hall–Kier alpha value is -2.50. The summed E-state index contributed by atoms with van der Waals surface area (Å²) in [5.41, 5.74) is 1.23. The van der Waals surface area contributed by atoms with Crippen molar-refractivity contribution in [1.82, 2.24) is 4.90 Å². The van der Waals surface area contributed by atoms with Gasteiger partial charge in [0.2, 0.25) is 0 Å². The van der Waals surface area contributed by atoms with Crippen LogP contribution >= 0.6 is 0 Å². The molecule has 22 heavy (non-hydrogen) atoms. The normalized spacial score (nSPS) is 20.0. The minimum atomic E-state index is -0.953. The van der Waals surface area contributed by atoms with Crippen molar-refractivity contribution >= 4 is 18.0 Å². The Balaban J connectivity index is 1.88. The van der Waals surface area contributed by atoms with Gasteiger partial charge in [-0.2, -0.15) is 0 Å². The van der Waals surface area contributed by atoms with Crippen LogP contribution in [0.15, 0.2) is 23.8 Å². The van der Waals surface area contributed by atoms with Gasteiger partial charge in [0.25, 0.3) is 5.91 Å². The van der Waals surface area contributed by atoms with Crippen LogP contribution in [-0.2, 0) is 9.59 Å². The molecule has 1 atom stereocenters. The van der Waals surface area contributed by atoms with Gasteiger partial charge in [-0.1, -0.05) is 12.1 Å². The third-order valence-electron chi connectivity index (χ3n) is 4.00. The molecule has 1 unspecified atom stereocenters. The number of carboxylic acid groups (broad SMARTS) is 1. The maximum atomic E-state index is 12.6. The van der Waals surface area contributed by atoms with Crippen molar-refractivity contribution in [3.8, 4) is 11.5 Å². The number of para-hydroxylation sites is 1. The second-order valence-electron chi connectivity index (χ2n) is 5.33. The molecule has 0 aliphatic carbocycles. The molecule has 2 aliphatic rings. The first-order valence-electron chi connectivity index (χ1n) is 7.16. The number of benzene rings is 1. The van der Waals surface area contributed by atoms with Gasteiger partial charge in [0.1, 0.15) is 12.6 Å². The highest BCUT2D eigenvalue weighted by atomic mass is 16.5. The highest BCUT2D eigenvalue weighted by molar-refractivity contribution is 6.01. The number of carbonyl (C=O) groups excluding carboxylic acids is 1. The van der Waals surface area contributed by atoms with E-state index in [0.717, 1.165) is 5.56 Å². The summed E-state index contributed by atoms with van der Waals surface area (Å²) in [4.78, 5) is 25.2. The molecule has 2 heterocycles. The Kier molecular flexibility index (Phi) is 3.75. The summed E-state index contributed by atoms with van der Waals surface area (Å²) in [6, 6.07) is 4.71. The standard InChI is InChI=1S/C16H17NO5/c1-21-13-6-2-4-10-8-11(9-22-14(10)13)15(18)17-7-3-5-12(17)16(19)20/h2,4,6,8,12H,3,5,7,9H2,1H3,(H,19,20). The summed E-state index contributed by atoms with van der Waals surface area (Å²) >= 11 is 0. The molecule has 1 aromatic carbocycles. The molecule has 0 radical (unpaired) electrons. The fourth-order valence-electron chi connectivity index (χ4n) is 2.92. The predicted molar refractivity (Wildman–Crippen MR) is 78.8 cm³/mol. The highest BCUT2D eigenvalue weighted by Gasteiger charge is 2.36. The number of hydrogen-bond donors (Lipinski definition) is 1. The van der Waals surface area contributed by atoms with E-state index in [1.807, 2.05) is 12.1 Å². The highest BCUT2D eigenvalue weighted by Crippen LogP contribution is 2.36. The van der Waals surface area contributed by atoms with Gasteiger partial charge < -0.3 is 19.5 Å². The Bertz CT molecular complexity index is 652. The number of aliphatic carboxylic acids is 1. The van der Waals surface area contributed by atoms with Crippen molar-refractivity contribution in [2.24, 2.45) is 0 Å². The van der Waals surface area contributed by atoms with E-state index in [1.165, 1.54) is 4.90 Å². The molecule has 3 rings (SSSR count). The Morgan fingerprint density at radius 3 is 2.95 bits per heavy atom. The average Bonchev–Trinajstić information content (AvgIpc) is 3.02. The van der Waals surface area contributed by atoms with Crippen molar-refractivity contribution in [2.45, 2.75) is 18.9 Å². The molecule has 0 bridgehead atoms. The third-order valence-corrected chi connectivity index (χ3v) is 4.00. The lowest BCUT2D eigenvalue weighted by molar-refractivity contribution is -0.147. The first-order valence-corrected chi connectivity index (χ1v) is 7.16. The maximum absolute atomic E-state index is 12.6. The molecule has 1 amide bonds. The van der Waals surface area contributed by atoms with E-state index in [0.29, 0.717) is 36.5 Å². The van der Waals surface area contributed by atoms with E-state index in [-0.39, 0.29) is 12.5 Å². The summed E-state index contributed by atoms with van der Waals surface area (Å²) in [6.07, 6.45) is 2.96. The molecule has 6 nitrogen and oxygen atoms in total. The van der Waals surface area contributed by atoms with Gasteiger partial charge in [0.15, 0.2) is 11.5 Å². The maximum Gasteiger partial charge on any atom is 0.326 e. The summed E-state index contributed by atoms with van der Waals surface area (Å²) in [5.74, 6) is 0.00575. The van der Waals surface area contributed by atoms with Crippen LogP contribution in [0.25, 0.3) is 6.08 Å². The minimum Gasteiger partial charge on any atom is -0.493 e. The van der Waals surface area contributed by atoms with Crippen LogP contribution in [0.1, 0.15) is 18.4 Å². The van der Waals surface area contributed by atoms with E-state index < -0.39 is 12.0 Å². The summed E-state index contributed by atoms with van der Waals surface area (Å²) in [6.45, 7) is 0.590. The van der Waals surface area contributed by atoms with Crippen LogP contribution in [0.3, 0.4) is 0 Å². The van der Waals surface area contributed by atoms with E-state index in [2.05, 4.69) is 0 Å². The smallest absolute Gasteiger partial charge is 0.326 e. The lowest BCUT2D eigenvalue weighted by Gasteiger charge is -2.25. The second-order valence-corrected chi connectivity index (χ2v) is 5.33. The summed E-state index contributed by atoms with van der Waals surface area (Å²) in [7, 11) is 1.56. The number of ether oxygens (including phenoxy) is 2. The molecule has 0 aromatic heterocycles. The number of amides is 1. The van der Waals surface area contributed by atoms with Crippen molar-refractivity contribution in [1.29, 1.82) is 0 Å². The fraction of sp³-hybridized carbons (Fsp3) is 0.375. The lowest BCUT2D eigenvalue weighted by Crippen LogP contribution is -2.42. The van der Waals surface area contributed by atoms with E-state index in [4.69, 9.17) is 9.47 Å². The van der Waals surface area contributed by atoms with E-state index in [9.17, 15) is 14.7 Å². The van der Waals surface area contributed by atoms with Gasteiger partial charge in [-0.05, 0) is 25.0 Å². The van der Waals surface area contributed by atoms with Crippen molar-refractivity contribution in [3.63, 3.8) is 0 Å². The van der Waals surface area contributed by atoms with Gasteiger partial charge in [0, 0.05) is 12.1 Å². The van der Waals surface area contributed by atoms with Gasteiger partial charge in [-0.3, -0.25) is 4.79 Å². The molecular formula is C16H17NO5. The largest absolute Gasteiger partial charge is 0.493 e. The Morgan fingerprint density at radius 2 is 2.23 bits per heavy atom. The van der Waals surface area contributed by atoms with Gasteiger partial charge in [-0.15, -0.1) is 0 Å². The quantitative estimate of drug-likeness (QED) is 0.917. The predicted octanol–water partition coefficient (Wildman–Crippen LogP) is 1.55. The molecular weight excluding hydrogens is 286 g/mol. The number of hydrogen-bond acceptors (Lipinski definition) is 4. The molecule has 116 valence electrons. The van der Waals surface area contributed by atoms with Crippen molar-refractivity contribution in [3.05, 3.63) is 29.3 Å². The number of rotatable bonds is 3. The van der Waals surface area contributed by atoms with Gasteiger partial charge >= 0.3 is 5.97 Å². The second kappa shape index (κ2) is 5.71. The van der Waals surface area contributed by atoms with Crippen LogP contribution in [0.2, 0.25) is 0 Å². The molecule has 1 saturated heterocycles. The number of likely N-dealkylation sites (tertiary alicyclic amines) is 1.